The molecular weight excluding hydrogens is 292 g/mol. The molecule has 0 saturated carbocycles. The summed E-state index contributed by atoms with van der Waals surface area (Å²) in [6, 6.07) is 8.75. The molecule has 3 rings (SSSR count). The van der Waals surface area contributed by atoms with Crippen LogP contribution in [0.2, 0.25) is 5.02 Å². The Bertz CT molecular complexity index is 673. The summed E-state index contributed by atoms with van der Waals surface area (Å²) in [5.41, 5.74) is 1.54. The van der Waals surface area contributed by atoms with Crippen LogP contribution >= 0.6 is 11.6 Å². The van der Waals surface area contributed by atoms with Crippen LogP contribution in [0.5, 0.6) is 11.6 Å². The highest BCUT2D eigenvalue weighted by Crippen LogP contribution is 2.31. The minimum absolute atomic E-state index is 0.214. The lowest BCUT2D eigenvalue weighted by Gasteiger charge is -2.11. The average molecular weight is 305 g/mol. The van der Waals surface area contributed by atoms with Gasteiger partial charge in [0.2, 0.25) is 5.88 Å². The molecule has 1 unspecified atom stereocenters. The number of amides is 1. The molecule has 0 saturated heterocycles. The highest BCUT2D eigenvalue weighted by Gasteiger charge is 2.29. The number of methoxy groups -OCH3 is 1. The zero-order valence-electron chi connectivity index (χ0n) is 11.3. The van der Waals surface area contributed by atoms with Gasteiger partial charge in [0.05, 0.1) is 19.0 Å². The van der Waals surface area contributed by atoms with Crippen molar-refractivity contribution in [2.45, 2.75) is 12.5 Å². The van der Waals surface area contributed by atoms with Gasteiger partial charge in [-0.2, -0.15) is 0 Å². The lowest BCUT2D eigenvalue weighted by atomic mass is 10.1. The van der Waals surface area contributed by atoms with Gasteiger partial charge < -0.3 is 14.8 Å². The minimum Gasteiger partial charge on any atom is -0.481 e. The van der Waals surface area contributed by atoms with Crippen LogP contribution in [0.25, 0.3) is 0 Å². The number of hydrogen-bond acceptors (Lipinski definition) is 4. The first-order valence-electron chi connectivity index (χ1n) is 6.41. The van der Waals surface area contributed by atoms with Gasteiger partial charge in [0.25, 0.3) is 5.91 Å². The molecule has 1 N–H and O–H groups in total. The van der Waals surface area contributed by atoms with Crippen LogP contribution in [0.1, 0.15) is 5.56 Å². The molecule has 1 aromatic heterocycles. The van der Waals surface area contributed by atoms with Gasteiger partial charge in [-0.3, -0.25) is 4.79 Å². The topological polar surface area (TPSA) is 60.5 Å². The molecule has 6 heteroatoms. The van der Waals surface area contributed by atoms with Gasteiger partial charge in [-0.15, -0.1) is 0 Å². The molecule has 0 bridgehead atoms. The van der Waals surface area contributed by atoms with Crippen LogP contribution in [0.15, 0.2) is 36.5 Å². The largest absolute Gasteiger partial charge is 0.481 e. The number of anilines is 1. The van der Waals surface area contributed by atoms with Crippen molar-refractivity contribution in [2.75, 3.05) is 12.4 Å². The van der Waals surface area contributed by atoms with E-state index in [9.17, 15) is 4.79 Å². The molecule has 0 aliphatic carbocycles. The third kappa shape index (κ3) is 2.92. The Hall–Kier alpha value is -2.27. The standard InChI is InChI=1S/C15H13ClN2O3/c1-20-14-5-3-11(8-17-14)18-15(19)13-7-9-6-10(16)2-4-12(9)21-13/h2-6,8,13H,7H2,1H3,(H,18,19). The average Bonchev–Trinajstić information content (AvgIpc) is 2.91. The highest BCUT2D eigenvalue weighted by molar-refractivity contribution is 6.30. The van der Waals surface area contributed by atoms with Gasteiger partial charge >= 0.3 is 0 Å². The molecule has 0 spiro atoms. The van der Waals surface area contributed by atoms with Crippen LogP contribution in [-0.4, -0.2) is 24.1 Å². The summed E-state index contributed by atoms with van der Waals surface area (Å²) < 4.78 is 10.6. The Kier molecular flexibility index (Phi) is 3.66. The van der Waals surface area contributed by atoms with Crippen molar-refractivity contribution in [3.05, 3.63) is 47.1 Å². The van der Waals surface area contributed by atoms with Gasteiger partial charge in [0.1, 0.15) is 5.75 Å². The second-order valence-electron chi connectivity index (χ2n) is 4.64. The Morgan fingerprint density at radius 1 is 1.43 bits per heavy atom. The summed E-state index contributed by atoms with van der Waals surface area (Å²) >= 11 is 5.93. The molecule has 1 aromatic carbocycles. The Labute approximate surface area is 126 Å². The van der Waals surface area contributed by atoms with Crippen molar-refractivity contribution in [1.82, 2.24) is 4.98 Å². The maximum atomic E-state index is 12.2. The third-order valence-corrected chi connectivity index (χ3v) is 3.44. The fourth-order valence-corrected chi connectivity index (χ4v) is 2.36. The number of nitrogens with zero attached hydrogens (tertiary/aromatic N) is 1. The Balaban J connectivity index is 1.67. The molecule has 5 nitrogen and oxygen atoms in total. The number of hydrogen-bond donors (Lipinski definition) is 1. The Morgan fingerprint density at radius 3 is 3.00 bits per heavy atom. The highest BCUT2D eigenvalue weighted by atomic mass is 35.5. The first kappa shape index (κ1) is 13.7. The van der Waals surface area contributed by atoms with Gasteiger partial charge in [-0.05, 0) is 29.8 Å². The van der Waals surface area contributed by atoms with Gasteiger partial charge in [-0.1, -0.05) is 11.6 Å². The zero-order valence-corrected chi connectivity index (χ0v) is 12.1. The maximum absolute atomic E-state index is 12.2. The molecule has 2 heterocycles. The number of ether oxygens (including phenoxy) is 2. The van der Waals surface area contributed by atoms with Crippen LogP contribution in [0, 0.1) is 0 Å². The molecule has 1 aliphatic rings. The van der Waals surface area contributed by atoms with Crippen LogP contribution in [0.3, 0.4) is 0 Å². The summed E-state index contributed by atoms with van der Waals surface area (Å²) in [4.78, 5) is 16.2. The van der Waals surface area contributed by atoms with E-state index in [1.165, 1.54) is 13.3 Å². The van der Waals surface area contributed by atoms with Crippen LogP contribution in [0.4, 0.5) is 5.69 Å². The second-order valence-corrected chi connectivity index (χ2v) is 5.08. The van der Waals surface area contributed by atoms with Crippen molar-refractivity contribution in [3.63, 3.8) is 0 Å². The van der Waals surface area contributed by atoms with Gasteiger partial charge in [-0.25, -0.2) is 4.98 Å². The lowest BCUT2D eigenvalue weighted by Crippen LogP contribution is -2.31. The summed E-state index contributed by atoms with van der Waals surface area (Å²) in [7, 11) is 1.54. The normalized spacial score (nSPS) is 16.0. The molecule has 2 aromatic rings. The van der Waals surface area contributed by atoms with Gasteiger partial charge in [0, 0.05) is 17.5 Å². The molecule has 0 fully saturated rings. The van der Waals surface area contributed by atoms with Crippen molar-refractivity contribution in [1.29, 1.82) is 0 Å². The summed E-state index contributed by atoms with van der Waals surface area (Å²) in [6.07, 6.45) is 1.49. The fraction of sp³-hybridized carbons (Fsp3) is 0.200. The smallest absolute Gasteiger partial charge is 0.265 e. The first-order chi connectivity index (χ1) is 10.2. The molecule has 0 radical (unpaired) electrons. The maximum Gasteiger partial charge on any atom is 0.265 e. The van der Waals surface area contributed by atoms with E-state index in [0.717, 1.165) is 5.56 Å². The first-order valence-corrected chi connectivity index (χ1v) is 6.79. The fourth-order valence-electron chi connectivity index (χ4n) is 2.16. The lowest BCUT2D eigenvalue weighted by molar-refractivity contribution is -0.122. The van der Waals surface area contributed by atoms with Crippen molar-refractivity contribution in [3.8, 4) is 11.6 Å². The molecule has 108 valence electrons. The number of rotatable bonds is 3. The van der Waals surface area contributed by atoms with Crippen molar-refractivity contribution < 1.29 is 14.3 Å². The van der Waals surface area contributed by atoms with Crippen LogP contribution in [-0.2, 0) is 11.2 Å². The molecule has 21 heavy (non-hydrogen) atoms. The predicted molar refractivity (Wildman–Crippen MR) is 79.0 cm³/mol. The zero-order chi connectivity index (χ0) is 14.8. The van der Waals surface area contributed by atoms with Crippen molar-refractivity contribution in [2.24, 2.45) is 0 Å². The van der Waals surface area contributed by atoms with Gasteiger partial charge in [0.15, 0.2) is 6.10 Å². The monoisotopic (exact) mass is 304 g/mol. The van der Waals surface area contributed by atoms with E-state index < -0.39 is 6.10 Å². The Morgan fingerprint density at radius 2 is 2.29 bits per heavy atom. The number of nitrogens with one attached hydrogen (secondary N) is 1. The number of fused-ring (bicyclic) bond motifs is 1. The minimum atomic E-state index is -0.555. The quantitative estimate of drug-likeness (QED) is 0.947. The number of halogens is 1. The van der Waals surface area contributed by atoms with E-state index in [1.54, 1.807) is 24.3 Å². The van der Waals surface area contributed by atoms with E-state index >= 15 is 0 Å². The van der Waals surface area contributed by atoms with Crippen LogP contribution < -0.4 is 14.8 Å². The molecular formula is C15H13ClN2O3. The summed E-state index contributed by atoms with van der Waals surface area (Å²) in [6.45, 7) is 0. The van der Waals surface area contributed by atoms with Crippen molar-refractivity contribution >= 4 is 23.2 Å². The van der Waals surface area contributed by atoms with E-state index in [-0.39, 0.29) is 5.91 Å². The predicted octanol–water partition coefficient (Wildman–Crippen LogP) is 2.69. The van der Waals surface area contributed by atoms with E-state index in [2.05, 4.69) is 10.3 Å². The second kappa shape index (κ2) is 5.61. The number of pyridine rings is 1. The van der Waals surface area contributed by atoms with E-state index in [4.69, 9.17) is 21.1 Å². The molecule has 1 atom stereocenters. The molecule has 1 aliphatic heterocycles. The third-order valence-electron chi connectivity index (χ3n) is 3.20. The summed E-state index contributed by atoms with van der Waals surface area (Å²) in [5.74, 6) is 0.980. The summed E-state index contributed by atoms with van der Waals surface area (Å²) in [5, 5.41) is 3.41. The molecule has 1 amide bonds. The number of benzene rings is 1. The van der Waals surface area contributed by atoms with E-state index in [1.807, 2.05) is 6.07 Å². The van der Waals surface area contributed by atoms with E-state index in [0.29, 0.717) is 28.8 Å². The number of carbonyl (C=O) groups excluding carboxylic acids is 1. The number of carbonyl (C=O) groups is 1. The number of aromatic nitrogens is 1. The SMILES string of the molecule is COc1ccc(NC(=O)C2Cc3cc(Cl)ccc3O2)cn1.